The number of nitrogens with one attached hydrogen (secondary N) is 1. The Morgan fingerprint density at radius 1 is 0.875 bits per heavy atom. The predicted octanol–water partition coefficient (Wildman–Crippen LogP) is 5.47. The smallest absolute Gasteiger partial charge is 0.264 e. The van der Waals surface area contributed by atoms with E-state index < -0.39 is 28.5 Å². The molecule has 2 amide bonds. The number of benzene rings is 3. The molecular formula is C32H41N3O4S. The summed E-state index contributed by atoms with van der Waals surface area (Å²) in [6.45, 7) is 9.44. The van der Waals surface area contributed by atoms with E-state index in [0.29, 0.717) is 18.5 Å². The third-order valence-electron chi connectivity index (χ3n) is 7.07. The highest BCUT2D eigenvalue weighted by Crippen LogP contribution is 2.28. The maximum atomic E-state index is 14.2. The van der Waals surface area contributed by atoms with Gasteiger partial charge < -0.3 is 10.2 Å². The normalized spacial score (nSPS) is 12.8. The second-order valence-electron chi connectivity index (χ2n) is 10.1. The minimum atomic E-state index is -4.09. The van der Waals surface area contributed by atoms with Crippen LogP contribution < -0.4 is 9.62 Å². The third-order valence-corrected chi connectivity index (χ3v) is 8.85. The molecule has 0 fully saturated rings. The van der Waals surface area contributed by atoms with Gasteiger partial charge >= 0.3 is 0 Å². The molecule has 0 heterocycles. The number of amides is 2. The second-order valence-corrected chi connectivity index (χ2v) is 11.9. The lowest BCUT2D eigenvalue weighted by Crippen LogP contribution is -2.53. The standard InChI is InChI=1S/C32H41N3O4S/c1-6-25(5)33-32(37)29(8-3)34(22-26-16-14-15-24(4)21-26)31(36)23-35(30-20-13-12-17-27(30)7-2)40(38,39)28-18-10-9-11-19-28/h9-21,25,29H,6-8,22-23H2,1-5H3,(H,33,37)/t25-,29-/m1/s1. The van der Waals surface area contributed by atoms with Crippen molar-refractivity contribution in [2.75, 3.05) is 10.8 Å². The van der Waals surface area contributed by atoms with Gasteiger partial charge in [-0.3, -0.25) is 13.9 Å². The highest BCUT2D eigenvalue weighted by atomic mass is 32.2. The average Bonchev–Trinajstić information content (AvgIpc) is 2.96. The summed E-state index contributed by atoms with van der Waals surface area (Å²) in [4.78, 5) is 29.2. The minimum absolute atomic E-state index is 0.0520. The molecule has 214 valence electrons. The molecule has 0 saturated heterocycles. The Morgan fingerprint density at radius 2 is 1.55 bits per heavy atom. The molecule has 8 heteroatoms. The van der Waals surface area contributed by atoms with E-state index in [1.807, 2.05) is 71.0 Å². The van der Waals surface area contributed by atoms with Crippen molar-refractivity contribution in [3.63, 3.8) is 0 Å². The number of nitrogens with zero attached hydrogens (tertiary/aromatic N) is 2. The van der Waals surface area contributed by atoms with Gasteiger partial charge in [-0.2, -0.15) is 0 Å². The minimum Gasteiger partial charge on any atom is -0.352 e. The number of anilines is 1. The summed E-state index contributed by atoms with van der Waals surface area (Å²) in [7, 11) is -4.09. The molecule has 0 aliphatic heterocycles. The summed E-state index contributed by atoms with van der Waals surface area (Å²) in [5.74, 6) is -0.692. The van der Waals surface area contributed by atoms with Crippen LogP contribution in [0.15, 0.2) is 83.8 Å². The molecule has 0 aromatic heterocycles. The monoisotopic (exact) mass is 563 g/mol. The highest BCUT2D eigenvalue weighted by Gasteiger charge is 2.34. The molecule has 0 aliphatic rings. The Balaban J connectivity index is 2.09. The number of rotatable bonds is 13. The van der Waals surface area contributed by atoms with Crippen LogP contribution in [-0.2, 0) is 32.6 Å². The fourth-order valence-electron chi connectivity index (χ4n) is 4.65. The van der Waals surface area contributed by atoms with E-state index in [9.17, 15) is 18.0 Å². The van der Waals surface area contributed by atoms with Gasteiger partial charge in [0.25, 0.3) is 10.0 Å². The SMILES string of the molecule is CCc1ccccc1N(CC(=O)N(Cc1cccc(C)c1)[C@H](CC)C(=O)N[C@H](C)CC)S(=O)(=O)c1ccccc1. The van der Waals surface area contributed by atoms with Gasteiger partial charge in [0.15, 0.2) is 0 Å². The Kier molecular flexibility index (Phi) is 10.9. The maximum Gasteiger partial charge on any atom is 0.264 e. The van der Waals surface area contributed by atoms with Gasteiger partial charge in [0.2, 0.25) is 11.8 Å². The van der Waals surface area contributed by atoms with E-state index in [-0.39, 0.29) is 23.4 Å². The number of para-hydroxylation sites is 1. The van der Waals surface area contributed by atoms with Crippen molar-refractivity contribution in [1.82, 2.24) is 10.2 Å². The predicted molar refractivity (Wildman–Crippen MR) is 160 cm³/mol. The molecule has 1 N–H and O–H groups in total. The summed E-state index contributed by atoms with van der Waals surface area (Å²) in [6.07, 6.45) is 1.73. The van der Waals surface area contributed by atoms with Crippen molar-refractivity contribution >= 4 is 27.5 Å². The Labute approximate surface area is 239 Å². The van der Waals surface area contributed by atoms with Gasteiger partial charge in [-0.05, 0) is 62.4 Å². The molecule has 0 spiro atoms. The van der Waals surface area contributed by atoms with E-state index in [1.54, 1.807) is 30.3 Å². The molecule has 2 atom stereocenters. The Morgan fingerprint density at radius 3 is 2.17 bits per heavy atom. The Bertz CT molecular complexity index is 1390. The molecule has 3 aromatic carbocycles. The topological polar surface area (TPSA) is 86.8 Å². The molecular weight excluding hydrogens is 522 g/mol. The van der Waals surface area contributed by atoms with Crippen LogP contribution in [0.5, 0.6) is 0 Å². The summed E-state index contributed by atoms with van der Waals surface area (Å²) in [5.41, 5.74) is 3.16. The van der Waals surface area contributed by atoms with Crippen molar-refractivity contribution in [2.45, 2.75) is 77.4 Å². The number of sulfonamides is 1. The van der Waals surface area contributed by atoms with Crippen LogP contribution >= 0.6 is 0 Å². The van der Waals surface area contributed by atoms with Crippen molar-refractivity contribution < 1.29 is 18.0 Å². The van der Waals surface area contributed by atoms with Crippen LogP contribution in [-0.4, -0.2) is 43.8 Å². The molecule has 0 radical (unpaired) electrons. The van der Waals surface area contributed by atoms with E-state index in [4.69, 9.17) is 0 Å². The van der Waals surface area contributed by atoms with Crippen LogP contribution in [0.1, 0.15) is 57.2 Å². The van der Waals surface area contributed by atoms with Crippen LogP contribution in [0, 0.1) is 6.92 Å². The van der Waals surface area contributed by atoms with E-state index >= 15 is 0 Å². The molecule has 7 nitrogen and oxygen atoms in total. The summed E-state index contributed by atoms with van der Waals surface area (Å²) < 4.78 is 29.2. The average molecular weight is 564 g/mol. The second kappa shape index (κ2) is 14.1. The first kappa shape index (κ1) is 30.9. The Hall–Kier alpha value is -3.65. The number of carbonyl (C=O) groups excluding carboxylic acids is 2. The summed E-state index contributed by atoms with van der Waals surface area (Å²) in [6, 6.07) is 22.3. The zero-order valence-corrected chi connectivity index (χ0v) is 24.9. The third kappa shape index (κ3) is 7.50. The van der Waals surface area contributed by atoms with Gasteiger partial charge in [-0.15, -0.1) is 0 Å². The van der Waals surface area contributed by atoms with Crippen molar-refractivity contribution in [2.24, 2.45) is 0 Å². The van der Waals surface area contributed by atoms with E-state index in [1.165, 1.54) is 21.3 Å². The molecule has 0 saturated carbocycles. The lowest BCUT2D eigenvalue weighted by Gasteiger charge is -2.34. The zero-order chi connectivity index (χ0) is 29.3. The molecule has 3 rings (SSSR count). The number of hydrogen-bond donors (Lipinski definition) is 1. The van der Waals surface area contributed by atoms with Gasteiger partial charge in [0, 0.05) is 12.6 Å². The van der Waals surface area contributed by atoms with E-state index in [2.05, 4.69) is 5.32 Å². The van der Waals surface area contributed by atoms with Crippen molar-refractivity contribution in [1.29, 1.82) is 0 Å². The van der Waals surface area contributed by atoms with Crippen molar-refractivity contribution in [3.8, 4) is 0 Å². The molecule has 0 aliphatic carbocycles. The summed E-state index contributed by atoms with van der Waals surface area (Å²) in [5, 5.41) is 3.01. The fraction of sp³-hybridized carbons (Fsp3) is 0.375. The van der Waals surface area contributed by atoms with Crippen LogP contribution in [0.2, 0.25) is 0 Å². The molecule has 3 aromatic rings. The van der Waals surface area contributed by atoms with Crippen molar-refractivity contribution in [3.05, 3.63) is 95.6 Å². The maximum absolute atomic E-state index is 14.2. The van der Waals surface area contributed by atoms with Gasteiger partial charge in [-0.1, -0.05) is 87.0 Å². The largest absolute Gasteiger partial charge is 0.352 e. The summed E-state index contributed by atoms with van der Waals surface area (Å²) >= 11 is 0. The fourth-order valence-corrected chi connectivity index (χ4v) is 6.13. The van der Waals surface area contributed by atoms with E-state index in [0.717, 1.165) is 23.1 Å². The lowest BCUT2D eigenvalue weighted by atomic mass is 10.1. The first-order valence-electron chi connectivity index (χ1n) is 13.9. The number of hydrogen-bond acceptors (Lipinski definition) is 4. The van der Waals surface area contributed by atoms with Gasteiger partial charge in [0.1, 0.15) is 12.6 Å². The number of carbonyl (C=O) groups is 2. The van der Waals surface area contributed by atoms with Crippen LogP contribution in [0.25, 0.3) is 0 Å². The first-order valence-corrected chi connectivity index (χ1v) is 15.4. The molecule has 0 unspecified atom stereocenters. The quantitative estimate of drug-likeness (QED) is 0.299. The molecule has 40 heavy (non-hydrogen) atoms. The van der Waals surface area contributed by atoms with Crippen LogP contribution in [0.4, 0.5) is 5.69 Å². The van der Waals surface area contributed by atoms with Gasteiger partial charge in [-0.25, -0.2) is 8.42 Å². The molecule has 0 bridgehead atoms. The number of aryl methyl sites for hydroxylation is 2. The highest BCUT2D eigenvalue weighted by molar-refractivity contribution is 7.92. The zero-order valence-electron chi connectivity index (χ0n) is 24.1. The lowest BCUT2D eigenvalue weighted by molar-refractivity contribution is -0.140. The van der Waals surface area contributed by atoms with Gasteiger partial charge in [0.05, 0.1) is 10.6 Å². The van der Waals surface area contributed by atoms with Crippen LogP contribution in [0.3, 0.4) is 0 Å². The first-order chi connectivity index (χ1) is 19.1.